The van der Waals surface area contributed by atoms with Crippen molar-refractivity contribution in [2.45, 2.75) is 0 Å². The van der Waals surface area contributed by atoms with Gasteiger partial charge in [0, 0.05) is 16.4 Å². The number of methoxy groups -OCH3 is 1. The van der Waals surface area contributed by atoms with Crippen molar-refractivity contribution in [2.24, 2.45) is 0 Å². The van der Waals surface area contributed by atoms with Gasteiger partial charge in [0.05, 0.1) is 20.2 Å². The van der Waals surface area contributed by atoms with Crippen LogP contribution in [0.15, 0.2) is 48.5 Å². The maximum absolute atomic E-state index is 12.0. The number of rotatable bonds is 7. The lowest BCUT2D eigenvalue weighted by molar-refractivity contribution is -0.121. The van der Waals surface area contributed by atoms with Crippen molar-refractivity contribution < 1.29 is 19.1 Å². The highest BCUT2D eigenvalue weighted by Gasteiger charge is 2.13. The van der Waals surface area contributed by atoms with E-state index in [0.29, 0.717) is 22.1 Å². The summed E-state index contributed by atoms with van der Waals surface area (Å²) in [5, 5.41) is 7.94. The number of hydrogen-bond acceptors (Lipinski definition) is 5. The van der Waals surface area contributed by atoms with Crippen LogP contribution in [0, 0.1) is 0 Å². The average molecular weight is 405 g/mol. The predicted molar refractivity (Wildman–Crippen MR) is 108 cm³/mol. The molecule has 0 spiro atoms. The molecule has 3 N–H and O–H groups in total. The molecule has 0 radical (unpaired) electrons. The van der Waals surface area contributed by atoms with E-state index in [4.69, 9.17) is 16.3 Å². The summed E-state index contributed by atoms with van der Waals surface area (Å²) in [6.45, 7) is -0.154. The van der Waals surface area contributed by atoms with E-state index in [1.807, 2.05) is 0 Å². The number of amides is 4. The molecule has 8 nitrogen and oxygen atoms in total. The van der Waals surface area contributed by atoms with Gasteiger partial charge in [0.2, 0.25) is 11.8 Å². The number of carbonyl (C=O) groups excluding carboxylic acids is 3. The Hall–Kier alpha value is -3.10. The molecule has 2 rings (SSSR count). The molecule has 0 saturated carbocycles. The van der Waals surface area contributed by atoms with Crippen molar-refractivity contribution in [3.05, 3.63) is 53.6 Å². The highest BCUT2D eigenvalue weighted by atomic mass is 35.5. The van der Waals surface area contributed by atoms with E-state index in [0.717, 1.165) is 0 Å². The van der Waals surface area contributed by atoms with E-state index in [1.165, 1.54) is 4.90 Å². The second kappa shape index (κ2) is 10.3. The monoisotopic (exact) mass is 404 g/mol. The molecular formula is C19H21ClN4O4. The molecule has 28 heavy (non-hydrogen) atoms. The first-order valence-electron chi connectivity index (χ1n) is 8.34. The summed E-state index contributed by atoms with van der Waals surface area (Å²) >= 11 is 5.87. The number of ether oxygens (including phenoxy) is 1. The van der Waals surface area contributed by atoms with Gasteiger partial charge in [0.15, 0.2) is 0 Å². The quantitative estimate of drug-likeness (QED) is 0.658. The first-order chi connectivity index (χ1) is 13.4. The topological polar surface area (TPSA) is 99.8 Å². The number of hydrogen-bond donors (Lipinski definition) is 3. The van der Waals surface area contributed by atoms with Crippen LogP contribution in [-0.4, -0.2) is 50.0 Å². The molecule has 0 aromatic heterocycles. The number of urea groups is 1. The number of likely N-dealkylation sites (N-methyl/N-ethyl adjacent to an activating group) is 1. The van der Waals surface area contributed by atoms with E-state index < -0.39 is 11.9 Å². The Bertz CT molecular complexity index is 842. The van der Waals surface area contributed by atoms with E-state index >= 15 is 0 Å². The first kappa shape index (κ1) is 21.2. The predicted octanol–water partition coefficient (Wildman–Crippen LogP) is 2.57. The van der Waals surface area contributed by atoms with Crippen LogP contribution in [-0.2, 0) is 9.59 Å². The van der Waals surface area contributed by atoms with Crippen LogP contribution in [0.1, 0.15) is 0 Å². The van der Waals surface area contributed by atoms with Crippen molar-refractivity contribution in [1.29, 1.82) is 0 Å². The van der Waals surface area contributed by atoms with Gasteiger partial charge in [-0.25, -0.2) is 4.79 Å². The van der Waals surface area contributed by atoms with Crippen LogP contribution in [0.25, 0.3) is 0 Å². The number of imide groups is 1. The smallest absolute Gasteiger partial charge is 0.325 e. The van der Waals surface area contributed by atoms with Gasteiger partial charge in [-0.1, -0.05) is 17.7 Å². The number of anilines is 2. The zero-order valence-corrected chi connectivity index (χ0v) is 16.2. The standard InChI is InChI=1S/C19H21ClN4O4/c1-24(11-17(25)21-15-5-3-4-13(20)10-15)12-18(26)23-19(27)22-14-6-8-16(28-2)9-7-14/h3-10H,11-12H2,1-2H3,(H,21,25)(H2,22,23,26,27). The molecule has 2 aromatic rings. The highest BCUT2D eigenvalue weighted by Crippen LogP contribution is 2.15. The fourth-order valence-electron chi connectivity index (χ4n) is 2.32. The Morgan fingerprint density at radius 1 is 0.964 bits per heavy atom. The van der Waals surface area contributed by atoms with Gasteiger partial charge >= 0.3 is 6.03 Å². The third-order valence-electron chi connectivity index (χ3n) is 3.54. The number of carbonyl (C=O) groups is 3. The molecule has 0 aliphatic rings. The molecule has 2 aromatic carbocycles. The minimum Gasteiger partial charge on any atom is -0.497 e. The molecule has 0 saturated heterocycles. The summed E-state index contributed by atoms with van der Waals surface area (Å²) in [5.41, 5.74) is 1.08. The Labute approximate surface area is 167 Å². The molecule has 148 valence electrons. The molecule has 0 atom stereocenters. The normalized spacial score (nSPS) is 10.3. The lowest BCUT2D eigenvalue weighted by Crippen LogP contribution is -2.42. The van der Waals surface area contributed by atoms with Crippen LogP contribution in [0.2, 0.25) is 5.02 Å². The molecule has 0 aliphatic carbocycles. The van der Waals surface area contributed by atoms with Crippen molar-refractivity contribution in [3.8, 4) is 5.75 Å². The van der Waals surface area contributed by atoms with Crippen molar-refractivity contribution >= 4 is 40.8 Å². The molecule has 0 bridgehead atoms. The van der Waals surface area contributed by atoms with Gasteiger partial charge in [-0.15, -0.1) is 0 Å². The molecule has 0 fully saturated rings. The summed E-state index contributed by atoms with van der Waals surface area (Å²) in [5.74, 6) is -0.191. The van der Waals surface area contributed by atoms with Gasteiger partial charge in [0.25, 0.3) is 0 Å². The van der Waals surface area contributed by atoms with Gasteiger partial charge in [0.1, 0.15) is 5.75 Å². The van der Waals surface area contributed by atoms with E-state index in [2.05, 4.69) is 16.0 Å². The number of nitrogens with zero attached hydrogens (tertiary/aromatic N) is 1. The lowest BCUT2D eigenvalue weighted by atomic mass is 10.3. The van der Waals surface area contributed by atoms with Crippen molar-refractivity contribution in [1.82, 2.24) is 10.2 Å². The molecule has 0 unspecified atom stereocenters. The van der Waals surface area contributed by atoms with Gasteiger partial charge < -0.3 is 15.4 Å². The third-order valence-corrected chi connectivity index (χ3v) is 3.77. The highest BCUT2D eigenvalue weighted by molar-refractivity contribution is 6.30. The summed E-state index contributed by atoms with van der Waals surface area (Å²) in [7, 11) is 3.14. The molecule has 9 heteroatoms. The molecule has 4 amide bonds. The third kappa shape index (κ3) is 7.26. The number of benzene rings is 2. The second-order valence-corrected chi connectivity index (χ2v) is 6.40. The molecule has 0 aliphatic heterocycles. The zero-order chi connectivity index (χ0) is 20.5. The SMILES string of the molecule is COc1ccc(NC(=O)NC(=O)CN(C)CC(=O)Nc2cccc(Cl)c2)cc1. The Morgan fingerprint density at radius 2 is 1.64 bits per heavy atom. The Morgan fingerprint density at radius 3 is 2.29 bits per heavy atom. The van der Waals surface area contributed by atoms with E-state index in [9.17, 15) is 14.4 Å². The van der Waals surface area contributed by atoms with E-state index in [1.54, 1.807) is 62.7 Å². The van der Waals surface area contributed by atoms with Crippen LogP contribution in [0.3, 0.4) is 0 Å². The fraction of sp³-hybridized carbons (Fsp3) is 0.211. The fourth-order valence-corrected chi connectivity index (χ4v) is 2.51. The summed E-state index contributed by atoms with van der Waals surface area (Å²) in [6, 6.07) is 12.8. The second-order valence-electron chi connectivity index (χ2n) is 5.96. The molecule has 0 heterocycles. The lowest BCUT2D eigenvalue weighted by Gasteiger charge is -2.16. The van der Waals surface area contributed by atoms with Crippen molar-refractivity contribution in [2.75, 3.05) is 37.9 Å². The minimum absolute atomic E-state index is 0.0277. The maximum Gasteiger partial charge on any atom is 0.325 e. The van der Waals surface area contributed by atoms with Crippen LogP contribution < -0.4 is 20.7 Å². The summed E-state index contributed by atoms with van der Waals surface area (Å²) in [4.78, 5) is 37.3. The average Bonchev–Trinajstić information content (AvgIpc) is 2.61. The molecular weight excluding hydrogens is 384 g/mol. The number of halogens is 1. The van der Waals surface area contributed by atoms with Gasteiger partial charge in [-0.3, -0.25) is 19.8 Å². The maximum atomic E-state index is 12.0. The zero-order valence-electron chi connectivity index (χ0n) is 15.5. The van der Waals surface area contributed by atoms with Gasteiger partial charge in [-0.05, 0) is 49.5 Å². The summed E-state index contributed by atoms with van der Waals surface area (Å²) in [6.07, 6.45) is 0. The largest absolute Gasteiger partial charge is 0.497 e. The first-order valence-corrected chi connectivity index (χ1v) is 8.72. The minimum atomic E-state index is -0.660. The Kier molecular flexibility index (Phi) is 7.79. The van der Waals surface area contributed by atoms with Crippen LogP contribution >= 0.6 is 11.6 Å². The summed E-state index contributed by atoms with van der Waals surface area (Å²) < 4.78 is 5.03. The number of nitrogens with one attached hydrogen (secondary N) is 3. The Balaban J connectivity index is 1.74. The van der Waals surface area contributed by atoms with E-state index in [-0.39, 0.29) is 19.0 Å². The van der Waals surface area contributed by atoms with Gasteiger partial charge in [-0.2, -0.15) is 0 Å². The van der Waals surface area contributed by atoms with Crippen molar-refractivity contribution in [3.63, 3.8) is 0 Å². The van der Waals surface area contributed by atoms with Crippen LogP contribution in [0.4, 0.5) is 16.2 Å². The van der Waals surface area contributed by atoms with Crippen LogP contribution in [0.5, 0.6) is 5.75 Å².